The Bertz CT molecular complexity index is 144. The number of alkyl halides is 3. The molecule has 0 aliphatic carbocycles. The number of nitrogens with two attached hydrogens (primary N) is 1. The Morgan fingerprint density at radius 1 is 1.33 bits per heavy atom. The average molecular weight is 185 g/mol. The molecule has 0 aromatic rings. The van der Waals surface area contributed by atoms with Gasteiger partial charge in [0, 0.05) is 5.41 Å². The van der Waals surface area contributed by atoms with E-state index in [-0.39, 0.29) is 6.54 Å². The molecule has 0 amide bonds. The smallest absolute Gasteiger partial charge is 0.391 e. The summed E-state index contributed by atoms with van der Waals surface area (Å²) in [6.07, 6.45) is -6.95. The van der Waals surface area contributed by atoms with Crippen molar-refractivity contribution in [1.82, 2.24) is 0 Å². The zero-order chi connectivity index (χ0) is 9.99. The van der Waals surface area contributed by atoms with E-state index in [2.05, 4.69) is 0 Å². The zero-order valence-electron chi connectivity index (χ0n) is 7.15. The van der Waals surface area contributed by atoms with Gasteiger partial charge >= 0.3 is 6.18 Å². The van der Waals surface area contributed by atoms with Gasteiger partial charge < -0.3 is 10.8 Å². The Morgan fingerprint density at radius 2 is 1.75 bits per heavy atom. The molecule has 1 atom stereocenters. The molecule has 0 radical (unpaired) electrons. The fraction of sp³-hybridized carbons (Fsp3) is 1.00. The first-order valence-corrected chi connectivity index (χ1v) is 3.64. The molecular formula is C7H14F3NO. The third kappa shape index (κ3) is 3.92. The van der Waals surface area contributed by atoms with Gasteiger partial charge in [-0.1, -0.05) is 13.8 Å². The maximum Gasteiger partial charge on any atom is 0.391 e. The summed E-state index contributed by atoms with van der Waals surface area (Å²) < 4.78 is 35.3. The van der Waals surface area contributed by atoms with Gasteiger partial charge in [-0.05, 0) is 6.54 Å². The van der Waals surface area contributed by atoms with Crippen LogP contribution in [0.15, 0.2) is 0 Å². The minimum Gasteiger partial charge on any atom is -0.392 e. The van der Waals surface area contributed by atoms with Crippen molar-refractivity contribution in [3.8, 4) is 0 Å². The molecule has 0 rings (SSSR count). The van der Waals surface area contributed by atoms with Crippen LogP contribution in [0.5, 0.6) is 0 Å². The summed E-state index contributed by atoms with van der Waals surface area (Å²) in [5.41, 5.74) is 4.32. The Kier molecular flexibility index (Phi) is 3.53. The normalized spacial score (nSPS) is 16.2. The van der Waals surface area contributed by atoms with E-state index in [0.29, 0.717) is 0 Å². The lowest BCUT2D eigenvalue weighted by Gasteiger charge is -2.29. The highest BCUT2D eigenvalue weighted by molar-refractivity contribution is 4.80. The minimum atomic E-state index is -4.33. The Labute approximate surface area is 69.6 Å². The second-order valence-electron chi connectivity index (χ2n) is 3.53. The first-order chi connectivity index (χ1) is 5.19. The maximum atomic E-state index is 11.8. The Hall–Kier alpha value is -0.290. The second-order valence-corrected chi connectivity index (χ2v) is 3.53. The maximum absolute atomic E-state index is 11.8. The number of aliphatic hydroxyl groups excluding tert-OH is 1. The van der Waals surface area contributed by atoms with E-state index in [1.54, 1.807) is 0 Å². The van der Waals surface area contributed by atoms with E-state index in [1.165, 1.54) is 13.8 Å². The van der Waals surface area contributed by atoms with Crippen molar-refractivity contribution < 1.29 is 18.3 Å². The highest BCUT2D eigenvalue weighted by atomic mass is 19.4. The molecule has 3 N–H and O–H groups in total. The van der Waals surface area contributed by atoms with Crippen LogP contribution >= 0.6 is 0 Å². The van der Waals surface area contributed by atoms with Crippen LogP contribution < -0.4 is 5.73 Å². The molecule has 0 aromatic carbocycles. The van der Waals surface area contributed by atoms with Gasteiger partial charge in [-0.25, -0.2) is 0 Å². The summed E-state index contributed by atoms with van der Waals surface area (Å²) in [6.45, 7) is 3.04. The SMILES string of the molecule is CC(C)(CN)C(O)CC(F)(F)F. The second kappa shape index (κ2) is 3.62. The van der Waals surface area contributed by atoms with Crippen molar-refractivity contribution in [1.29, 1.82) is 0 Å². The molecule has 0 saturated heterocycles. The van der Waals surface area contributed by atoms with Gasteiger partial charge in [0.2, 0.25) is 0 Å². The van der Waals surface area contributed by atoms with Crippen LogP contribution in [0.25, 0.3) is 0 Å². The van der Waals surface area contributed by atoms with Gasteiger partial charge in [-0.15, -0.1) is 0 Å². The molecule has 1 unspecified atom stereocenters. The lowest BCUT2D eigenvalue weighted by atomic mass is 9.85. The standard InChI is InChI=1S/C7H14F3NO/c1-6(2,4-11)5(12)3-7(8,9)10/h5,12H,3-4,11H2,1-2H3. The van der Waals surface area contributed by atoms with Crippen LogP contribution in [-0.2, 0) is 0 Å². The lowest BCUT2D eigenvalue weighted by molar-refractivity contribution is -0.165. The predicted octanol–water partition coefficient (Wildman–Crippen LogP) is 1.28. The summed E-state index contributed by atoms with van der Waals surface area (Å²) in [5, 5.41) is 9.11. The number of hydrogen-bond acceptors (Lipinski definition) is 2. The molecule has 2 nitrogen and oxygen atoms in total. The van der Waals surface area contributed by atoms with Crippen molar-refractivity contribution >= 4 is 0 Å². The minimum absolute atomic E-state index is 0.0320. The summed E-state index contributed by atoms with van der Waals surface area (Å²) in [5.74, 6) is 0. The third-order valence-electron chi connectivity index (χ3n) is 1.85. The van der Waals surface area contributed by atoms with Crippen LogP contribution in [0.4, 0.5) is 13.2 Å². The zero-order valence-corrected chi connectivity index (χ0v) is 7.15. The van der Waals surface area contributed by atoms with Gasteiger partial charge in [0.25, 0.3) is 0 Å². The van der Waals surface area contributed by atoms with Gasteiger partial charge in [0.05, 0.1) is 12.5 Å². The van der Waals surface area contributed by atoms with Gasteiger partial charge in [0.15, 0.2) is 0 Å². The molecule has 0 saturated carbocycles. The van der Waals surface area contributed by atoms with Crippen molar-refractivity contribution in [3.63, 3.8) is 0 Å². The van der Waals surface area contributed by atoms with Crippen LogP contribution in [0.1, 0.15) is 20.3 Å². The van der Waals surface area contributed by atoms with Gasteiger partial charge in [-0.2, -0.15) is 13.2 Å². The van der Waals surface area contributed by atoms with Crippen LogP contribution in [-0.4, -0.2) is 23.9 Å². The number of hydrogen-bond donors (Lipinski definition) is 2. The predicted molar refractivity (Wildman–Crippen MR) is 39.5 cm³/mol. The lowest BCUT2D eigenvalue weighted by Crippen LogP contribution is -2.39. The highest BCUT2D eigenvalue weighted by Gasteiger charge is 2.37. The Morgan fingerprint density at radius 3 is 2.00 bits per heavy atom. The van der Waals surface area contributed by atoms with Crippen molar-refractivity contribution in [2.45, 2.75) is 32.5 Å². The molecule has 0 fully saturated rings. The fourth-order valence-electron chi connectivity index (χ4n) is 0.632. The van der Waals surface area contributed by atoms with Gasteiger partial charge in [0.1, 0.15) is 0 Å². The van der Waals surface area contributed by atoms with E-state index in [4.69, 9.17) is 10.8 Å². The number of halogens is 3. The third-order valence-corrected chi connectivity index (χ3v) is 1.85. The van der Waals surface area contributed by atoms with Crippen molar-refractivity contribution in [2.24, 2.45) is 11.1 Å². The molecule has 5 heteroatoms. The molecule has 0 heterocycles. The van der Waals surface area contributed by atoms with Crippen LogP contribution in [0, 0.1) is 5.41 Å². The van der Waals surface area contributed by atoms with E-state index < -0.39 is 24.1 Å². The topological polar surface area (TPSA) is 46.2 Å². The summed E-state index contributed by atoms with van der Waals surface area (Å²) in [7, 11) is 0. The molecule has 74 valence electrons. The monoisotopic (exact) mass is 185 g/mol. The van der Waals surface area contributed by atoms with E-state index in [1.807, 2.05) is 0 Å². The van der Waals surface area contributed by atoms with E-state index >= 15 is 0 Å². The summed E-state index contributed by atoms with van der Waals surface area (Å²) in [6, 6.07) is 0. The summed E-state index contributed by atoms with van der Waals surface area (Å²) >= 11 is 0. The number of rotatable bonds is 3. The van der Waals surface area contributed by atoms with Crippen molar-refractivity contribution in [3.05, 3.63) is 0 Å². The molecule has 12 heavy (non-hydrogen) atoms. The molecule has 0 aliphatic heterocycles. The largest absolute Gasteiger partial charge is 0.392 e. The number of aliphatic hydroxyl groups is 1. The summed E-state index contributed by atoms with van der Waals surface area (Å²) in [4.78, 5) is 0. The van der Waals surface area contributed by atoms with Crippen LogP contribution in [0.2, 0.25) is 0 Å². The fourth-order valence-corrected chi connectivity index (χ4v) is 0.632. The molecule has 0 aromatic heterocycles. The Balaban J connectivity index is 4.13. The highest BCUT2D eigenvalue weighted by Crippen LogP contribution is 2.29. The van der Waals surface area contributed by atoms with Crippen molar-refractivity contribution in [2.75, 3.05) is 6.54 Å². The van der Waals surface area contributed by atoms with E-state index in [0.717, 1.165) is 0 Å². The molecular weight excluding hydrogens is 171 g/mol. The first-order valence-electron chi connectivity index (χ1n) is 3.64. The van der Waals surface area contributed by atoms with Gasteiger partial charge in [-0.3, -0.25) is 0 Å². The molecule has 0 aliphatic rings. The molecule has 0 spiro atoms. The molecule has 0 bridgehead atoms. The van der Waals surface area contributed by atoms with Crippen LogP contribution in [0.3, 0.4) is 0 Å². The average Bonchev–Trinajstić information content (AvgIpc) is 1.84. The first kappa shape index (κ1) is 11.7. The quantitative estimate of drug-likeness (QED) is 0.695. The van der Waals surface area contributed by atoms with E-state index in [9.17, 15) is 13.2 Å².